The first-order chi connectivity index (χ1) is 70.6. The van der Waals surface area contributed by atoms with Crippen molar-refractivity contribution in [2.75, 3.05) is 35.5 Å². The van der Waals surface area contributed by atoms with Crippen LogP contribution in [0.15, 0.2) is 398 Å². The predicted molar refractivity (Wildman–Crippen MR) is 560 cm³/mol. The largest absolute Gasteiger partial charge is 0.507 e. The van der Waals surface area contributed by atoms with Crippen molar-refractivity contribution in [2.24, 2.45) is 0 Å². The maximum absolute atomic E-state index is 10.3. The molecule has 25 heteroatoms. The van der Waals surface area contributed by atoms with E-state index in [1.165, 1.54) is 5.39 Å². The molecule has 0 unspecified atom stereocenters. The molecule has 0 radical (unpaired) electrons. The molecular weight excluding hydrogens is 1810 g/mol. The van der Waals surface area contributed by atoms with Crippen LogP contribution in [0.1, 0.15) is 0 Å². The number of hydrogen-bond acceptors (Lipinski definition) is 25. The maximum Gasteiger partial charge on any atom is 0.217 e. The Morgan fingerprint density at radius 2 is 0.451 bits per heavy atom. The number of aromatic hydroxyl groups is 5. The predicted octanol–water partition coefficient (Wildman–Crippen LogP) is 28.3. The number of phenols is 5. The molecule has 16 aromatic carbocycles. The van der Waals surface area contributed by atoms with E-state index >= 15 is 0 Å². The Morgan fingerprint density at radius 3 is 0.896 bits per heavy atom. The van der Waals surface area contributed by atoms with Gasteiger partial charge in [0.2, 0.25) is 29.4 Å². The molecule has 0 aliphatic carbocycles. The van der Waals surface area contributed by atoms with E-state index in [9.17, 15) is 25.5 Å². The van der Waals surface area contributed by atoms with Gasteiger partial charge in [0.15, 0.2) is 29.1 Å². The first kappa shape index (κ1) is 89.4. The molecule has 0 atom stereocenters. The summed E-state index contributed by atoms with van der Waals surface area (Å²) >= 11 is 0. The average molecular weight is 1890 g/mol. The molecule has 0 bridgehead atoms. The highest BCUT2D eigenvalue weighted by Gasteiger charge is 2.24. The Balaban J connectivity index is 0.000000103. The molecule has 0 aliphatic heterocycles. The average Bonchev–Trinajstić information content (AvgIpc) is 1.60. The molecule has 0 saturated carbocycles. The van der Waals surface area contributed by atoms with Gasteiger partial charge in [-0.05, 0) is 168 Å². The molecule has 26 aromatic rings. The number of methoxy groups -OCH3 is 5. The first-order valence-corrected chi connectivity index (χ1v) is 45.7. The molecule has 10 heterocycles. The highest BCUT2D eigenvalue weighted by molar-refractivity contribution is 6.14. The van der Waals surface area contributed by atoms with Gasteiger partial charge in [-0.3, -0.25) is 0 Å². The number of fused-ring (bicyclic) bond motifs is 16. The second-order valence-electron chi connectivity index (χ2n) is 33.4. The fourth-order valence-corrected chi connectivity index (χ4v) is 17.6. The highest BCUT2D eigenvalue weighted by Crippen LogP contribution is 2.45. The third-order valence-corrected chi connectivity index (χ3v) is 24.6. The smallest absolute Gasteiger partial charge is 0.217 e. The van der Waals surface area contributed by atoms with E-state index in [0.29, 0.717) is 115 Å². The van der Waals surface area contributed by atoms with Crippen molar-refractivity contribution in [3.63, 3.8) is 0 Å². The van der Waals surface area contributed by atoms with E-state index in [0.717, 1.165) is 143 Å². The minimum absolute atomic E-state index is 0.114. The van der Waals surface area contributed by atoms with Crippen molar-refractivity contribution in [1.82, 2.24) is 49.8 Å². The van der Waals surface area contributed by atoms with Crippen molar-refractivity contribution in [3.05, 3.63) is 376 Å². The second kappa shape index (κ2) is 38.6. The quantitative estimate of drug-likeness (QED) is 0.0636. The third-order valence-electron chi connectivity index (χ3n) is 24.6. The SMILES string of the molecule is COc1cc(-c2ccc3c(c2)oc2ccccc23)nc(-c2ccccc2O)n1.COc1cc(-c2ccc3oc4cc5ccccc5cc4c3c2)nc(-c2ccccc2O)n1.COc1cc(-c2ccc3oc4ccccc4c3c2)nc(-c2ccccc2O)n1.COc1cc(-c2cccc3c2oc2ccccc23)nc(-c2ccccc2O)n1.COc1cc(-c2cccc3oc4ccccc4c23)nc(-c2ccccc2O)n1. The summed E-state index contributed by atoms with van der Waals surface area (Å²) < 4.78 is 57.1. The van der Waals surface area contributed by atoms with Crippen LogP contribution in [0.2, 0.25) is 0 Å². The van der Waals surface area contributed by atoms with Crippen molar-refractivity contribution in [3.8, 4) is 171 Å². The molecule has 0 spiro atoms. The van der Waals surface area contributed by atoms with Crippen LogP contribution in [-0.4, -0.2) is 111 Å². The second-order valence-corrected chi connectivity index (χ2v) is 33.4. The Hall–Kier alpha value is -19.8. The normalized spacial score (nSPS) is 11.2. The van der Waals surface area contributed by atoms with E-state index in [1.807, 2.05) is 218 Å². The summed E-state index contributed by atoms with van der Waals surface area (Å²) in [5.41, 5.74) is 18.8. The van der Waals surface area contributed by atoms with Crippen LogP contribution in [0.3, 0.4) is 0 Å². The lowest BCUT2D eigenvalue weighted by Gasteiger charge is -2.09. The van der Waals surface area contributed by atoms with E-state index in [4.69, 9.17) is 60.7 Å². The molecule has 5 N–H and O–H groups in total. The van der Waals surface area contributed by atoms with Crippen LogP contribution in [0.5, 0.6) is 58.1 Å². The Labute approximate surface area is 819 Å². The topological polar surface area (TPSA) is 342 Å². The number of hydrogen-bond donors (Lipinski definition) is 5. The highest BCUT2D eigenvalue weighted by atomic mass is 16.5. The van der Waals surface area contributed by atoms with E-state index in [-0.39, 0.29) is 28.7 Å². The molecule has 10 aromatic heterocycles. The van der Waals surface area contributed by atoms with Crippen LogP contribution in [-0.2, 0) is 0 Å². The number of para-hydroxylation sites is 10. The molecule has 25 nitrogen and oxygen atoms in total. The van der Waals surface area contributed by atoms with Crippen LogP contribution in [0.4, 0.5) is 0 Å². The summed E-state index contributed by atoms with van der Waals surface area (Å²) in [7, 11) is 7.81. The van der Waals surface area contributed by atoms with Crippen molar-refractivity contribution >= 4 is 120 Å². The van der Waals surface area contributed by atoms with Crippen LogP contribution in [0, 0.1) is 0 Å². The zero-order valence-corrected chi connectivity index (χ0v) is 77.6. The minimum Gasteiger partial charge on any atom is -0.507 e. The molecule has 0 amide bonds. The van der Waals surface area contributed by atoms with Crippen molar-refractivity contribution < 1.29 is 71.3 Å². The van der Waals surface area contributed by atoms with E-state index in [1.54, 1.807) is 157 Å². The Bertz CT molecular complexity index is 9400. The monoisotopic (exact) mass is 1890 g/mol. The summed E-state index contributed by atoms with van der Waals surface area (Å²) in [5.74, 6) is 4.72. The van der Waals surface area contributed by atoms with Crippen molar-refractivity contribution in [2.45, 2.75) is 0 Å². The molecule has 698 valence electrons. The number of ether oxygens (including phenoxy) is 5. The van der Waals surface area contributed by atoms with Gasteiger partial charge in [0.1, 0.15) is 84.6 Å². The zero-order valence-electron chi connectivity index (χ0n) is 77.6. The molecule has 0 aliphatic rings. The van der Waals surface area contributed by atoms with E-state index in [2.05, 4.69) is 71.3 Å². The standard InChI is InChI=1S/C27H18N2O3.4C23H16N2O3/c1-31-26-15-22(28-27(29-26)19-8-4-5-9-23(19)30)18-10-11-24-20(13-18)21-12-16-6-2-3-7-17(16)14-25(21)32-24;1-27-21-13-18(24-23(25-21)17-8-2-4-11-19(17)26)16-10-6-9-15-14-7-3-5-12-20(14)28-22(15)16;1-27-21-13-17(24-23(25-21)15-7-2-4-10-18(15)26)14-9-6-12-20-22(14)16-8-3-5-11-19(16)28-20;1-27-22-13-18(24-23(25-22)17-7-2-4-8-19(17)26)14-10-11-16-15-6-3-5-9-20(15)28-21(16)12-14;1-27-22-13-18(24-23(25-22)16-7-2-4-8-19(16)26)14-10-11-21-17(12-14)15-6-3-5-9-20(15)28-21/h2-15,30H,1H3;4*2-13,26H,1H3. The van der Waals surface area contributed by atoms with Gasteiger partial charge in [-0.15, -0.1) is 0 Å². The number of benzene rings is 16. The molecule has 0 fully saturated rings. The molecule has 144 heavy (non-hydrogen) atoms. The van der Waals surface area contributed by atoms with Gasteiger partial charge in [-0.2, -0.15) is 24.9 Å². The first-order valence-electron chi connectivity index (χ1n) is 45.7. The van der Waals surface area contributed by atoms with Gasteiger partial charge < -0.3 is 71.3 Å². The lowest BCUT2D eigenvalue weighted by Crippen LogP contribution is -1.97. The number of furan rings is 5. The maximum atomic E-state index is 10.3. The molecule has 0 saturated heterocycles. The van der Waals surface area contributed by atoms with Crippen LogP contribution >= 0.6 is 0 Å². The fourth-order valence-electron chi connectivity index (χ4n) is 17.6. The third kappa shape index (κ3) is 17.6. The van der Waals surface area contributed by atoms with E-state index < -0.39 is 0 Å². The summed E-state index contributed by atoms with van der Waals surface area (Å²) in [6.45, 7) is 0. The zero-order chi connectivity index (χ0) is 98.0. The summed E-state index contributed by atoms with van der Waals surface area (Å²) in [5, 5.41) is 63.8. The number of rotatable bonds is 15. The van der Waals surface area contributed by atoms with Gasteiger partial charge in [0.05, 0.1) is 91.8 Å². The van der Waals surface area contributed by atoms with Crippen LogP contribution in [0.25, 0.3) is 234 Å². The van der Waals surface area contributed by atoms with Gasteiger partial charge in [0, 0.05) is 112 Å². The summed E-state index contributed by atoms with van der Waals surface area (Å²) in [6, 6.07) is 118. The number of aromatic nitrogens is 10. The summed E-state index contributed by atoms with van der Waals surface area (Å²) in [6.07, 6.45) is 0. The minimum atomic E-state index is 0.114. The Morgan fingerprint density at radius 1 is 0.181 bits per heavy atom. The Kier molecular flexibility index (Phi) is 24.0. The van der Waals surface area contributed by atoms with Gasteiger partial charge in [-0.25, -0.2) is 24.9 Å². The van der Waals surface area contributed by atoms with Gasteiger partial charge in [-0.1, -0.05) is 188 Å². The number of nitrogens with zero attached hydrogens (tertiary/aromatic N) is 10. The fraction of sp³-hybridized carbons (Fsp3) is 0.0420. The lowest BCUT2D eigenvalue weighted by atomic mass is 10.0. The van der Waals surface area contributed by atoms with Gasteiger partial charge in [0.25, 0.3) is 0 Å². The van der Waals surface area contributed by atoms with Crippen LogP contribution < -0.4 is 23.7 Å². The van der Waals surface area contributed by atoms with Gasteiger partial charge >= 0.3 is 0 Å². The lowest BCUT2D eigenvalue weighted by molar-refractivity contribution is 0.397. The van der Waals surface area contributed by atoms with Crippen molar-refractivity contribution in [1.29, 1.82) is 0 Å². The molecular formula is C119H82N10O15. The summed E-state index contributed by atoms with van der Waals surface area (Å²) in [4.78, 5) is 45.5. The molecule has 26 rings (SSSR count). The number of phenolic OH excluding ortho intramolecular Hbond substituents is 5.